The zero-order valence-electron chi connectivity index (χ0n) is 9.36. The first-order valence-electron chi connectivity index (χ1n) is 5.17. The van der Waals surface area contributed by atoms with Gasteiger partial charge in [0, 0.05) is 12.8 Å². The fraction of sp³-hybridized carbons (Fsp3) is 0.556. The number of fused-ring (bicyclic) bond motifs is 1. The fourth-order valence-corrected chi connectivity index (χ4v) is 3.38. The quantitative estimate of drug-likeness (QED) is 0.323. The molecule has 0 aliphatic carbocycles. The van der Waals surface area contributed by atoms with Crippen LogP contribution < -0.4 is 0 Å². The molecule has 9 heteroatoms. The summed E-state index contributed by atoms with van der Waals surface area (Å²) in [4.78, 5) is 33.3. The van der Waals surface area contributed by atoms with Crippen molar-refractivity contribution in [2.75, 3.05) is 0 Å². The lowest BCUT2D eigenvalue weighted by Crippen LogP contribution is -2.49. The first-order valence-corrected chi connectivity index (χ1v) is 6.38. The first-order chi connectivity index (χ1) is 8.34. The number of carbonyl (C=O) groups is 2. The van der Waals surface area contributed by atoms with Gasteiger partial charge in [-0.05, 0) is 0 Å². The van der Waals surface area contributed by atoms with Crippen LogP contribution in [0.25, 0.3) is 0 Å². The molecule has 1 N–H and O–H groups in total. The molecule has 0 spiro atoms. The minimum Gasteiger partial charge on any atom is -0.606 e. The number of carboxylic acids is 1. The van der Waals surface area contributed by atoms with Crippen LogP contribution >= 0.6 is 0 Å². The van der Waals surface area contributed by atoms with Gasteiger partial charge in [0.25, 0.3) is 0 Å². The highest BCUT2D eigenvalue weighted by molar-refractivity contribution is 7.95. The van der Waals surface area contributed by atoms with E-state index in [9.17, 15) is 24.3 Å². The molecule has 2 heterocycles. The standard InChI is InChI=1S/C9H10N2O6S/c1-4(11(15)16)18(17)6-2-5-3-7(12)10(5)8(6)9(13)14/h4-5H,2-3H2,1H3,(H,13,14). The Hall–Kier alpha value is -1.61. The molecule has 2 aliphatic rings. The van der Waals surface area contributed by atoms with Crippen LogP contribution in [0.4, 0.5) is 0 Å². The molecule has 1 amide bonds. The number of nitro groups is 1. The van der Waals surface area contributed by atoms with Crippen LogP contribution in [0.5, 0.6) is 0 Å². The summed E-state index contributed by atoms with van der Waals surface area (Å²) in [6.45, 7) is 1.15. The van der Waals surface area contributed by atoms with E-state index < -0.39 is 27.4 Å². The third-order valence-electron chi connectivity index (χ3n) is 3.02. The van der Waals surface area contributed by atoms with E-state index in [2.05, 4.69) is 0 Å². The number of nitrogens with zero attached hydrogens (tertiary/aromatic N) is 2. The van der Waals surface area contributed by atoms with Crippen LogP contribution in [-0.4, -0.2) is 42.8 Å². The molecule has 3 unspecified atom stereocenters. The number of rotatable bonds is 4. The molecule has 0 aromatic carbocycles. The summed E-state index contributed by atoms with van der Waals surface area (Å²) in [6, 6.07) is -0.304. The molecule has 2 aliphatic heterocycles. The Morgan fingerprint density at radius 3 is 2.67 bits per heavy atom. The molecule has 0 radical (unpaired) electrons. The van der Waals surface area contributed by atoms with Gasteiger partial charge in [0.05, 0.1) is 29.1 Å². The molecular weight excluding hydrogens is 264 g/mol. The molecule has 1 saturated heterocycles. The molecule has 1 fully saturated rings. The van der Waals surface area contributed by atoms with Crippen molar-refractivity contribution in [1.82, 2.24) is 4.90 Å². The molecular formula is C9H10N2O6S. The predicted octanol–water partition coefficient (Wildman–Crippen LogP) is -0.341. The van der Waals surface area contributed by atoms with Gasteiger partial charge in [0.15, 0.2) is 10.6 Å². The molecule has 0 bridgehead atoms. The number of aliphatic carboxylic acids is 1. The normalized spacial score (nSPS) is 25.6. The lowest BCUT2D eigenvalue weighted by molar-refractivity contribution is -0.492. The number of β-lactam (4-membered cyclic amide) rings is 1. The lowest BCUT2D eigenvalue weighted by Gasteiger charge is -2.34. The van der Waals surface area contributed by atoms with Gasteiger partial charge in [-0.3, -0.25) is 19.8 Å². The van der Waals surface area contributed by atoms with E-state index in [1.165, 1.54) is 0 Å². The van der Waals surface area contributed by atoms with Crippen molar-refractivity contribution in [1.29, 1.82) is 0 Å². The van der Waals surface area contributed by atoms with E-state index >= 15 is 0 Å². The molecule has 18 heavy (non-hydrogen) atoms. The Balaban J connectivity index is 2.34. The second kappa shape index (κ2) is 4.25. The third kappa shape index (κ3) is 1.75. The average Bonchev–Trinajstić information content (AvgIpc) is 2.60. The minimum atomic E-state index is -2.03. The van der Waals surface area contributed by atoms with Gasteiger partial charge < -0.3 is 9.66 Å². The second-order valence-corrected chi connectivity index (χ2v) is 5.85. The van der Waals surface area contributed by atoms with Crippen molar-refractivity contribution in [3.05, 3.63) is 20.7 Å². The monoisotopic (exact) mass is 274 g/mol. The van der Waals surface area contributed by atoms with Crippen LogP contribution in [0.1, 0.15) is 19.8 Å². The Bertz CT molecular complexity index is 476. The van der Waals surface area contributed by atoms with Crippen molar-refractivity contribution in [3.8, 4) is 0 Å². The average molecular weight is 274 g/mol. The maximum atomic E-state index is 11.9. The highest BCUT2D eigenvalue weighted by Crippen LogP contribution is 2.41. The summed E-state index contributed by atoms with van der Waals surface area (Å²) in [7, 11) is 0. The van der Waals surface area contributed by atoms with E-state index in [1.54, 1.807) is 0 Å². The highest BCUT2D eigenvalue weighted by atomic mass is 32.2. The summed E-state index contributed by atoms with van der Waals surface area (Å²) < 4.78 is 11.9. The van der Waals surface area contributed by atoms with Gasteiger partial charge in [-0.1, -0.05) is 0 Å². The smallest absolute Gasteiger partial charge is 0.358 e. The number of hydrogen-bond acceptors (Lipinski definition) is 5. The van der Waals surface area contributed by atoms with Gasteiger partial charge in [-0.2, -0.15) is 0 Å². The number of amides is 1. The topological polar surface area (TPSA) is 124 Å². The molecule has 98 valence electrons. The molecule has 0 aromatic rings. The van der Waals surface area contributed by atoms with Gasteiger partial charge in [-0.25, -0.2) is 4.79 Å². The highest BCUT2D eigenvalue weighted by Gasteiger charge is 2.53. The van der Waals surface area contributed by atoms with Crippen LogP contribution in [0.15, 0.2) is 10.6 Å². The summed E-state index contributed by atoms with van der Waals surface area (Å²) >= 11 is -2.03. The number of carbonyl (C=O) groups excluding carboxylic acids is 1. The Morgan fingerprint density at radius 2 is 2.22 bits per heavy atom. The van der Waals surface area contributed by atoms with Crippen molar-refractivity contribution in [3.63, 3.8) is 0 Å². The van der Waals surface area contributed by atoms with Crippen molar-refractivity contribution in [2.24, 2.45) is 0 Å². The van der Waals surface area contributed by atoms with Crippen LogP contribution in [0.3, 0.4) is 0 Å². The number of carboxylic acid groups (broad SMARTS) is 1. The molecule has 0 saturated carbocycles. The Morgan fingerprint density at radius 1 is 1.61 bits per heavy atom. The van der Waals surface area contributed by atoms with Crippen LogP contribution in [0, 0.1) is 10.1 Å². The maximum Gasteiger partial charge on any atom is 0.358 e. The second-order valence-electron chi connectivity index (χ2n) is 4.08. The van der Waals surface area contributed by atoms with Gasteiger partial charge in [0.1, 0.15) is 0 Å². The maximum absolute atomic E-state index is 11.9. The van der Waals surface area contributed by atoms with Gasteiger partial charge >= 0.3 is 11.3 Å². The molecule has 8 nitrogen and oxygen atoms in total. The van der Waals surface area contributed by atoms with Crippen molar-refractivity contribution < 1.29 is 24.2 Å². The van der Waals surface area contributed by atoms with E-state index in [0.717, 1.165) is 11.8 Å². The largest absolute Gasteiger partial charge is 0.606 e. The molecule has 0 aromatic heterocycles. The minimum absolute atomic E-state index is 0.0115. The van der Waals surface area contributed by atoms with Crippen LogP contribution in [0.2, 0.25) is 0 Å². The Kier molecular flexibility index (Phi) is 3.03. The van der Waals surface area contributed by atoms with E-state index in [0.29, 0.717) is 0 Å². The van der Waals surface area contributed by atoms with E-state index in [-0.39, 0.29) is 35.4 Å². The molecule has 2 rings (SSSR count). The predicted molar refractivity (Wildman–Crippen MR) is 59.1 cm³/mol. The van der Waals surface area contributed by atoms with Crippen molar-refractivity contribution >= 4 is 23.1 Å². The van der Waals surface area contributed by atoms with E-state index in [4.69, 9.17) is 5.11 Å². The summed E-state index contributed by atoms with van der Waals surface area (Å²) in [5, 5.41) is 18.2. The Labute approximate surface area is 105 Å². The summed E-state index contributed by atoms with van der Waals surface area (Å²) in [5.74, 6) is -1.72. The molecule has 3 atom stereocenters. The zero-order valence-corrected chi connectivity index (χ0v) is 10.2. The van der Waals surface area contributed by atoms with Gasteiger partial charge in [-0.15, -0.1) is 0 Å². The van der Waals surface area contributed by atoms with Crippen molar-refractivity contribution in [2.45, 2.75) is 31.2 Å². The van der Waals surface area contributed by atoms with E-state index in [1.807, 2.05) is 0 Å². The SMILES string of the molecule is CC([N+](=O)[O-])[S+]([O-])C1=C(C(=O)O)N2C(=O)CC2C1. The fourth-order valence-electron chi connectivity index (χ4n) is 2.08. The van der Waals surface area contributed by atoms with Crippen LogP contribution in [-0.2, 0) is 20.8 Å². The zero-order chi connectivity index (χ0) is 13.6. The first kappa shape index (κ1) is 12.8. The van der Waals surface area contributed by atoms with Gasteiger partial charge in [0.2, 0.25) is 5.91 Å². The lowest BCUT2D eigenvalue weighted by atomic mass is 10.0. The summed E-state index contributed by atoms with van der Waals surface area (Å²) in [5.41, 5.74) is -0.344. The summed E-state index contributed by atoms with van der Waals surface area (Å²) in [6.07, 6.45) is 0.336. The third-order valence-corrected chi connectivity index (χ3v) is 4.66. The number of hydrogen-bond donors (Lipinski definition) is 1.